The van der Waals surface area contributed by atoms with E-state index in [9.17, 15) is 18.0 Å². The minimum Gasteiger partial charge on any atom is -0.466 e. The van der Waals surface area contributed by atoms with Gasteiger partial charge in [0.15, 0.2) is 0 Å². The number of rotatable bonds is 6. The van der Waals surface area contributed by atoms with Crippen LogP contribution in [0.25, 0.3) is 0 Å². The molecule has 0 spiro atoms. The van der Waals surface area contributed by atoms with E-state index in [0.717, 1.165) is 14.2 Å². The van der Waals surface area contributed by atoms with Crippen LogP contribution in [0.3, 0.4) is 0 Å². The highest BCUT2D eigenvalue weighted by molar-refractivity contribution is 7.87. The summed E-state index contributed by atoms with van der Waals surface area (Å²) < 4.78 is 33.2. The Hall–Kier alpha value is -2.72. The largest absolute Gasteiger partial charge is 0.466 e. The molecule has 9 nitrogen and oxygen atoms in total. The van der Waals surface area contributed by atoms with E-state index in [1.165, 1.54) is 20.4 Å². The zero-order valence-corrected chi connectivity index (χ0v) is 18.5. The molecular formula is C21H26N4O5S. The number of aliphatic imine (C=N–C) groups is 1. The van der Waals surface area contributed by atoms with Crippen LogP contribution in [-0.4, -0.2) is 73.4 Å². The lowest BCUT2D eigenvalue weighted by molar-refractivity contribution is -0.155. The smallest absolute Gasteiger partial charge is 0.312 e. The molecule has 1 saturated heterocycles. The van der Waals surface area contributed by atoms with Crippen molar-refractivity contribution in [2.75, 3.05) is 27.2 Å². The number of likely N-dealkylation sites (tertiary alicyclic amines) is 1. The lowest BCUT2D eigenvalue weighted by Gasteiger charge is -2.37. The van der Waals surface area contributed by atoms with E-state index in [-0.39, 0.29) is 18.4 Å². The zero-order valence-electron chi connectivity index (χ0n) is 17.7. The van der Waals surface area contributed by atoms with Gasteiger partial charge in [-0.3, -0.25) is 9.59 Å². The summed E-state index contributed by atoms with van der Waals surface area (Å²) in [6.07, 6.45) is 3.07. The van der Waals surface area contributed by atoms with Gasteiger partial charge in [-0.1, -0.05) is 36.4 Å². The molecule has 0 unspecified atom stereocenters. The van der Waals surface area contributed by atoms with Crippen molar-refractivity contribution in [3.05, 3.63) is 47.7 Å². The van der Waals surface area contributed by atoms with Crippen LogP contribution in [0.15, 0.2) is 47.1 Å². The van der Waals surface area contributed by atoms with Gasteiger partial charge in [0, 0.05) is 33.1 Å². The van der Waals surface area contributed by atoms with Crippen molar-refractivity contribution in [2.45, 2.75) is 19.5 Å². The summed E-state index contributed by atoms with van der Waals surface area (Å²) in [5.41, 5.74) is 1.48. The Bertz CT molecular complexity index is 1040. The van der Waals surface area contributed by atoms with Gasteiger partial charge in [0.2, 0.25) is 5.91 Å². The highest BCUT2D eigenvalue weighted by atomic mass is 32.2. The van der Waals surface area contributed by atoms with Gasteiger partial charge in [-0.05, 0) is 12.5 Å². The highest BCUT2D eigenvalue weighted by Crippen LogP contribution is 2.45. The quantitative estimate of drug-likeness (QED) is 0.604. The Labute approximate surface area is 182 Å². The van der Waals surface area contributed by atoms with E-state index < -0.39 is 34.1 Å². The molecule has 10 heteroatoms. The molecule has 1 fully saturated rings. The number of hydrogen-bond acceptors (Lipinski definition) is 6. The average Bonchev–Trinajstić information content (AvgIpc) is 3.29. The average molecular weight is 447 g/mol. The maximum atomic E-state index is 13.4. The summed E-state index contributed by atoms with van der Waals surface area (Å²) in [5.74, 6) is -2.65. The maximum Gasteiger partial charge on any atom is 0.312 e. The first kappa shape index (κ1) is 21.5. The van der Waals surface area contributed by atoms with Crippen molar-refractivity contribution in [1.82, 2.24) is 13.5 Å². The fraction of sp³-hybridized carbons (Fsp3) is 0.476. The number of ether oxygens (including phenoxy) is 1. The fourth-order valence-corrected chi connectivity index (χ4v) is 5.65. The van der Waals surface area contributed by atoms with E-state index in [1.54, 1.807) is 11.8 Å². The van der Waals surface area contributed by atoms with Crippen molar-refractivity contribution in [3.8, 4) is 0 Å². The standard InChI is InChI=1S/C21H26N4O5S/c1-4-30-21(27)18-17-15(12-24(20(17)26)11-14-8-6-5-7-9-14)10-16-19(18)25(13-22-16)31(28,29)23(2)3/h5-10,13,15,17-19H,4,11-12H2,1-3H3/t15-,17-,18+,19-/m1/s1. The van der Waals surface area contributed by atoms with Gasteiger partial charge in [-0.15, -0.1) is 0 Å². The van der Waals surface area contributed by atoms with Gasteiger partial charge >= 0.3 is 16.2 Å². The number of carbonyl (C=O) groups is 2. The van der Waals surface area contributed by atoms with Crippen LogP contribution < -0.4 is 0 Å². The summed E-state index contributed by atoms with van der Waals surface area (Å²) in [5, 5.41) is 0. The number of carbonyl (C=O) groups excluding carboxylic acids is 2. The molecule has 4 atom stereocenters. The maximum absolute atomic E-state index is 13.4. The van der Waals surface area contributed by atoms with Gasteiger partial charge in [0.05, 0.1) is 24.1 Å². The third kappa shape index (κ3) is 3.63. The van der Waals surface area contributed by atoms with Gasteiger partial charge < -0.3 is 9.64 Å². The Kier molecular flexibility index (Phi) is 5.61. The number of esters is 1. The molecule has 0 saturated carbocycles. The number of fused-ring (bicyclic) bond motifs is 2. The van der Waals surface area contributed by atoms with E-state index in [0.29, 0.717) is 18.8 Å². The number of benzene rings is 1. The Balaban J connectivity index is 1.70. The molecular weight excluding hydrogens is 420 g/mol. The zero-order chi connectivity index (χ0) is 22.3. The van der Waals surface area contributed by atoms with Gasteiger partial charge in [-0.2, -0.15) is 12.7 Å². The summed E-state index contributed by atoms with van der Waals surface area (Å²) in [7, 11) is -1.06. The summed E-state index contributed by atoms with van der Waals surface area (Å²) >= 11 is 0. The molecule has 0 N–H and O–H groups in total. The topological polar surface area (TPSA) is 99.6 Å². The molecule has 4 rings (SSSR count). The highest BCUT2D eigenvalue weighted by Gasteiger charge is 2.57. The molecule has 0 bridgehead atoms. The first-order valence-electron chi connectivity index (χ1n) is 10.2. The van der Waals surface area contributed by atoms with E-state index in [1.807, 2.05) is 36.4 Å². The molecule has 1 amide bonds. The lowest BCUT2D eigenvalue weighted by Crippen LogP contribution is -2.53. The third-order valence-corrected chi connectivity index (χ3v) is 7.78. The van der Waals surface area contributed by atoms with E-state index in [2.05, 4.69) is 4.99 Å². The number of hydrogen-bond donors (Lipinski definition) is 0. The minimum absolute atomic E-state index is 0.141. The van der Waals surface area contributed by atoms with E-state index in [4.69, 9.17) is 4.74 Å². The first-order valence-corrected chi connectivity index (χ1v) is 11.6. The molecule has 166 valence electrons. The van der Waals surface area contributed by atoms with Crippen molar-refractivity contribution in [2.24, 2.45) is 22.7 Å². The van der Waals surface area contributed by atoms with Crippen molar-refractivity contribution in [1.29, 1.82) is 0 Å². The predicted octanol–water partition coefficient (Wildman–Crippen LogP) is 0.857. The molecule has 1 aliphatic carbocycles. The normalized spacial score (nSPS) is 27.4. The fourth-order valence-electron chi connectivity index (χ4n) is 4.58. The molecule has 3 aliphatic rings. The monoisotopic (exact) mass is 446 g/mol. The predicted molar refractivity (Wildman–Crippen MR) is 114 cm³/mol. The number of amides is 1. The Morgan fingerprint density at radius 1 is 1.26 bits per heavy atom. The summed E-state index contributed by atoms with van der Waals surface area (Å²) in [6.45, 7) is 2.70. The third-order valence-electron chi connectivity index (χ3n) is 6.00. The molecule has 0 radical (unpaired) electrons. The molecule has 2 aliphatic heterocycles. The molecule has 1 aromatic carbocycles. The second-order valence-electron chi connectivity index (χ2n) is 8.07. The molecule has 0 aromatic heterocycles. The Morgan fingerprint density at radius 2 is 1.97 bits per heavy atom. The first-order chi connectivity index (χ1) is 14.8. The summed E-state index contributed by atoms with van der Waals surface area (Å²) in [6, 6.07) is 8.73. The molecule has 2 heterocycles. The molecule has 1 aromatic rings. The van der Waals surface area contributed by atoms with Gasteiger partial charge in [-0.25, -0.2) is 9.30 Å². The number of nitrogens with zero attached hydrogens (tertiary/aromatic N) is 4. The summed E-state index contributed by atoms with van der Waals surface area (Å²) in [4.78, 5) is 32.5. The Morgan fingerprint density at radius 3 is 2.61 bits per heavy atom. The second-order valence-corrected chi connectivity index (χ2v) is 10.1. The molecule has 31 heavy (non-hydrogen) atoms. The van der Waals surface area contributed by atoms with Crippen molar-refractivity contribution < 1.29 is 22.7 Å². The van der Waals surface area contributed by atoms with Crippen LogP contribution in [0.5, 0.6) is 0 Å². The van der Waals surface area contributed by atoms with Crippen molar-refractivity contribution >= 4 is 28.4 Å². The second kappa shape index (κ2) is 8.08. The van der Waals surface area contributed by atoms with Crippen LogP contribution in [-0.2, 0) is 31.1 Å². The lowest BCUT2D eigenvalue weighted by atomic mass is 9.73. The van der Waals surface area contributed by atoms with Crippen LogP contribution in [0.4, 0.5) is 0 Å². The van der Waals surface area contributed by atoms with Crippen LogP contribution in [0, 0.1) is 17.8 Å². The SMILES string of the molecule is CCOC(=O)[C@H]1[C@@H]2C(=O)N(Cc3ccccc3)C[C@H]2C=C2N=CN(S(=O)(=O)N(C)C)[C@H]21. The minimum atomic E-state index is -3.89. The van der Waals surface area contributed by atoms with Gasteiger partial charge in [0.1, 0.15) is 12.4 Å². The van der Waals surface area contributed by atoms with Crippen LogP contribution >= 0.6 is 0 Å². The van der Waals surface area contributed by atoms with Crippen LogP contribution in [0.1, 0.15) is 12.5 Å². The van der Waals surface area contributed by atoms with Crippen molar-refractivity contribution in [3.63, 3.8) is 0 Å². The van der Waals surface area contributed by atoms with Crippen LogP contribution in [0.2, 0.25) is 0 Å². The van der Waals surface area contributed by atoms with E-state index >= 15 is 0 Å². The van der Waals surface area contributed by atoms with Gasteiger partial charge in [0.25, 0.3) is 0 Å².